The second kappa shape index (κ2) is 8.94. The van der Waals surface area contributed by atoms with Crippen molar-refractivity contribution in [1.82, 2.24) is 14.9 Å². The summed E-state index contributed by atoms with van der Waals surface area (Å²) < 4.78 is 19.0. The summed E-state index contributed by atoms with van der Waals surface area (Å²) in [6.45, 7) is 7.74. The van der Waals surface area contributed by atoms with E-state index in [-0.39, 0.29) is 6.10 Å². The van der Waals surface area contributed by atoms with Gasteiger partial charge in [-0.3, -0.25) is 0 Å². The van der Waals surface area contributed by atoms with Crippen molar-refractivity contribution in [3.8, 4) is 17.0 Å². The Morgan fingerprint density at radius 1 is 1.12 bits per heavy atom. The molecule has 0 bridgehead atoms. The lowest BCUT2D eigenvalue weighted by Gasteiger charge is -2.16. The third kappa shape index (κ3) is 4.61. The van der Waals surface area contributed by atoms with Crippen LogP contribution in [0, 0.1) is 6.92 Å². The molecule has 34 heavy (non-hydrogen) atoms. The Balaban J connectivity index is 1.44. The number of H-pyrrole nitrogens is 1. The summed E-state index contributed by atoms with van der Waals surface area (Å²) in [7, 11) is -0.288. The van der Waals surface area contributed by atoms with Gasteiger partial charge in [0.2, 0.25) is 0 Å². The highest BCUT2D eigenvalue weighted by molar-refractivity contribution is 7.70. The molecule has 4 aromatic rings. The van der Waals surface area contributed by atoms with Crippen LogP contribution in [0.15, 0.2) is 60.8 Å². The molecule has 3 heterocycles. The zero-order chi connectivity index (χ0) is 23.9. The van der Waals surface area contributed by atoms with Crippen LogP contribution in [0.5, 0.6) is 5.75 Å². The smallest absolute Gasteiger partial charge is 0.139 e. The largest absolute Gasteiger partial charge is 0.489 e. The minimum Gasteiger partial charge on any atom is -0.489 e. The third-order valence-electron chi connectivity index (χ3n) is 6.41. The molecule has 0 saturated carbocycles. The number of aromatic amines is 1. The Morgan fingerprint density at radius 3 is 2.68 bits per heavy atom. The zero-order valence-electron chi connectivity index (χ0n) is 20.1. The molecule has 0 amide bonds. The van der Waals surface area contributed by atoms with Crippen molar-refractivity contribution >= 4 is 34.9 Å². The maximum atomic E-state index is 12.8. The number of para-hydroxylation sites is 1. The number of ether oxygens (including phenoxy) is 1. The van der Waals surface area contributed by atoms with Crippen LogP contribution in [0.2, 0.25) is 0 Å². The first-order valence-corrected chi connectivity index (χ1v) is 14.2. The lowest BCUT2D eigenvalue weighted by atomic mass is 10.1. The standard InChI is InChI=1S/C27H31N4O2P/c1-18-15-19(9-10-25(18)33-20-12-14-31(2)17-20)24-16-21-22(11-13-28-27(21)30-24)29-23-7-5-6-8-26(23)34(3,4)32/h5-11,13,15-16,20H,12,14,17H2,1-4H3,(H2,28,29,30)/t20-/m1/s1. The topological polar surface area (TPSA) is 70.2 Å². The number of aromatic nitrogens is 2. The second-order valence-corrected chi connectivity index (χ2v) is 12.8. The van der Waals surface area contributed by atoms with Crippen LogP contribution in [0.3, 0.4) is 0 Å². The van der Waals surface area contributed by atoms with E-state index in [1.165, 1.54) is 0 Å². The minimum atomic E-state index is -2.42. The van der Waals surface area contributed by atoms with E-state index in [9.17, 15) is 4.57 Å². The zero-order valence-corrected chi connectivity index (χ0v) is 21.0. The van der Waals surface area contributed by atoms with Gasteiger partial charge in [0, 0.05) is 41.4 Å². The summed E-state index contributed by atoms with van der Waals surface area (Å²) >= 11 is 0. The molecule has 1 atom stereocenters. The van der Waals surface area contributed by atoms with Gasteiger partial charge in [-0.25, -0.2) is 4.98 Å². The number of aryl methyl sites for hydroxylation is 1. The molecule has 1 saturated heterocycles. The third-order valence-corrected chi connectivity index (χ3v) is 7.96. The van der Waals surface area contributed by atoms with Crippen molar-refractivity contribution in [1.29, 1.82) is 0 Å². The molecule has 0 aliphatic carbocycles. The molecule has 1 aliphatic heterocycles. The molecular weight excluding hydrogens is 443 g/mol. The van der Waals surface area contributed by atoms with Gasteiger partial charge in [-0.1, -0.05) is 12.1 Å². The van der Waals surface area contributed by atoms with Gasteiger partial charge in [0.05, 0.1) is 5.69 Å². The fourth-order valence-corrected chi connectivity index (χ4v) is 5.76. The quantitative estimate of drug-likeness (QED) is 0.355. The predicted molar refractivity (Wildman–Crippen MR) is 142 cm³/mol. The summed E-state index contributed by atoms with van der Waals surface area (Å²) in [4.78, 5) is 10.3. The second-order valence-electron chi connectivity index (χ2n) is 9.57. The molecule has 0 spiro atoms. The molecule has 2 aromatic heterocycles. The van der Waals surface area contributed by atoms with Gasteiger partial charge in [0.15, 0.2) is 0 Å². The van der Waals surface area contributed by atoms with Crippen LogP contribution in [0.25, 0.3) is 22.3 Å². The number of benzene rings is 2. The Morgan fingerprint density at radius 2 is 1.94 bits per heavy atom. The minimum absolute atomic E-state index is 0.255. The van der Waals surface area contributed by atoms with E-state index in [1.807, 2.05) is 30.3 Å². The van der Waals surface area contributed by atoms with Gasteiger partial charge in [-0.2, -0.15) is 0 Å². The Hall–Kier alpha value is -3.08. The normalized spacial score (nSPS) is 16.8. The molecule has 0 unspecified atom stereocenters. The molecule has 1 aliphatic rings. The van der Waals surface area contributed by atoms with Crippen LogP contribution in [-0.4, -0.2) is 54.4 Å². The first kappa shape index (κ1) is 22.7. The number of anilines is 2. The van der Waals surface area contributed by atoms with E-state index in [2.05, 4.69) is 58.4 Å². The Kier molecular flexibility index (Phi) is 5.97. The molecule has 2 N–H and O–H groups in total. The molecular formula is C27H31N4O2P. The molecule has 5 rings (SSSR count). The number of likely N-dealkylation sites (N-methyl/N-ethyl adjacent to an activating group) is 1. The van der Waals surface area contributed by atoms with Gasteiger partial charge < -0.3 is 24.5 Å². The predicted octanol–water partition coefficient (Wildman–Crippen LogP) is 5.61. The van der Waals surface area contributed by atoms with Gasteiger partial charge >= 0.3 is 0 Å². The van der Waals surface area contributed by atoms with Crippen LogP contribution < -0.4 is 15.4 Å². The van der Waals surface area contributed by atoms with Gasteiger partial charge in [0.1, 0.15) is 24.6 Å². The first-order chi connectivity index (χ1) is 16.3. The monoisotopic (exact) mass is 474 g/mol. The first-order valence-electron chi connectivity index (χ1n) is 11.6. The highest BCUT2D eigenvalue weighted by Gasteiger charge is 2.22. The van der Waals surface area contributed by atoms with Crippen LogP contribution >= 0.6 is 7.14 Å². The van der Waals surface area contributed by atoms with Crippen LogP contribution in [0.4, 0.5) is 11.4 Å². The van der Waals surface area contributed by atoms with Crippen molar-refractivity contribution in [2.24, 2.45) is 0 Å². The molecule has 6 nitrogen and oxygen atoms in total. The number of nitrogens with one attached hydrogen (secondary N) is 2. The van der Waals surface area contributed by atoms with E-state index in [1.54, 1.807) is 19.5 Å². The number of fused-ring (bicyclic) bond motifs is 1. The molecule has 1 fully saturated rings. The average Bonchev–Trinajstić information content (AvgIpc) is 3.41. The maximum absolute atomic E-state index is 12.8. The van der Waals surface area contributed by atoms with E-state index >= 15 is 0 Å². The summed E-state index contributed by atoms with van der Waals surface area (Å²) in [5.74, 6) is 0.945. The van der Waals surface area contributed by atoms with E-state index in [0.29, 0.717) is 0 Å². The van der Waals surface area contributed by atoms with Crippen LogP contribution in [0.1, 0.15) is 12.0 Å². The summed E-state index contributed by atoms with van der Waals surface area (Å²) in [5, 5.41) is 5.33. The Labute approximate surface area is 200 Å². The highest BCUT2D eigenvalue weighted by atomic mass is 31.2. The average molecular weight is 475 g/mol. The lowest BCUT2D eigenvalue weighted by molar-refractivity contribution is 0.207. The Bertz CT molecular complexity index is 1390. The van der Waals surface area contributed by atoms with Gasteiger partial charge in [-0.15, -0.1) is 0 Å². The van der Waals surface area contributed by atoms with Gasteiger partial charge in [-0.05, 0) is 87.3 Å². The summed E-state index contributed by atoms with van der Waals surface area (Å²) in [6.07, 6.45) is 3.10. The van der Waals surface area contributed by atoms with Crippen molar-refractivity contribution in [3.05, 3.63) is 66.4 Å². The molecule has 0 radical (unpaired) electrons. The number of pyridine rings is 1. The van der Waals surface area contributed by atoms with Gasteiger partial charge in [0.25, 0.3) is 0 Å². The highest BCUT2D eigenvalue weighted by Crippen LogP contribution is 2.39. The SMILES string of the molecule is Cc1cc(-c2cc3c(Nc4ccccc4P(C)(C)=O)ccnc3[nH]2)ccc1O[C@@H]1CCN(C)C1. The number of hydrogen-bond donors (Lipinski definition) is 2. The molecule has 2 aromatic carbocycles. The molecule has 7 heteroatoms. The number of hydrogen-bond acceptors (Lipinski definition) is 5. The maximum Gasteiger partial charge on any atom is 0.139 e. The van der Waals surface area contributed by atoms with Crippen molar-refractivity contribution < 1.29 is 9.30 Å². The lowest BCUT2D eigenvalue weighted by Crippen LogP contribution is -2.21. The van der Waals surface area contributed by atoms with E-state index in [4.69, 9.17) is 4.74 Å². The summed E-state index contributed by atoms with van der Waals surface area (Å²) in [6, 6.07) is 18.2. The van der Waals surface area contributed by atoms with Crippen molar-refractivity contribution in [2.75, 3.05) is 38.8 Å². The number of likely N-dealkylation sites (tertiary alicyclic amines) is 1. The fourth-order valence-electron chi connectivity index (χ4n) is 4.60. The van der Waals surface area contributed by atoms with Crippen LogP contribution in [-0.2, 0) is 4.57 Å². The molecule has 176 valence electrons. The van der Waals surface area contributed by atoms with Crippen molar-refractivity contribution in [2.45, 2.75) is 19.4 Å². The number of nitrogens with zero attached hydrogens (tertiary/aromatic N) is 2. The van der Waals surface area contributed by atoms with E-state index in [0.717, 1.165) is 69.8 Å². The van der Waals surface area contributed by atoms with E-state index < -0.39 is 7.14 Å². The summed E-state index contributed by atoms with van der Waals surface area (Å²) in [5.41, 5.74) is 5.80. The van der Waals surface area contributed by atoms with Crippen molar-refractivity contribution in [3.63, 3.8) is 0 Å². The number of rotatable bonds is 6. The fraction of sp³-hybridized carbons (Fsp3) is 0.296.